The zero-order chi connectivity index (χ0) is 72.6. The molecule has 7 aromatic heterocycles. The van der Waals surface area contributed by atoms with Crippen LogP contribution in [0.5, 0.6) is 0 Å². The van der Waals surface area contributed by atoms with E-state index in [0.29, 0.717) is 94.8 Å². The van der Waals surface area contributed by atoms with Gasteiger partial charge >= 0.3 is 0 Å². The standard InChI is InChI=1S/C11H17NO.4C11H17N.C10H16N2.2C9H16N2/c1-7(2)10-9(13)5-6-12-11(10)8(3)4;2*1-8(2)10-5-6-12-7-11(10)9(3)4;2*1-8(2)10-6-5-7-12-11(10)9(3)4;1-7(2)9-10(8(3)4)12-6-5-11-9;1-7(2)9-5-6-10-11(9)8(3)4;1-6(2)8-5-10-11-9(8)7(3)4/h5-8,10H,1-4H3;4*5-9H,1-4H3;5-8H,1-4H3;5-8H,1-4H3;5-7H,1-4H3,(H,10,11). The number of nitrogens with one attached hydrogen (secondary N) is 1. The Morgan fingerprint density at radius 3 is 1.02 bits per heavy atom. The monoisotopic (exact) mass is 1300 g/mol. The molecule has 8 rings (SSSR count). The SMILES string of the molecule is CC(C)C1=NC=CC(=O)C1C(C)C.CC(C)c1cccnc1C(C)C.CC(C)c1cccnc1C(C)C.CC(C)c1ccncc1C(C)C.CC(C)c1ccncc1C(C)C.CC(C)c1ccnn1C(C)C.CC(C)c1cn[nH]c1C(C)C.CC(C)c1nccnc1C(C)C. The normalized spacial score (nSPS) is 12.8. The van der Waals surface area contributed by atoms with Gasteiger partial charge in [-0.3, -0.25) is 49.5 Å². The first-order chi connectivity index (χ1) is 44.4. The maximum atomic E-state index is 11.6. The molecule has 1 N–H and O–H groups in total. The molecule has 1 aliphatic heterocycles. The van der Waals surface area contributed by atoms with Gasteiger partial charge in [0.05, 0.1) is 23.5 Å². The van der Waals surface area contributed by atoms with Gasteiger partial charge in [-0.1, -0.05) is 220 Å². The van der Waals surface area contributed by atoms with E-state index in [9.17, 15) is 4.79 Å². The Morgan fingerprint density at radius 2 is 0.747 bits per heavy atom. The third-order valence-corrected chi connectivity index (χ3v) is 16.2. The van der Waals surface area contributed by atoms with Gasteiger partial charge in [0.2, 0.25) is 0 Å². The number of carbonyl (C=O) groups excluding carboxylic acids is 1. The predicted octanol–water partition coefficient (Wildman–Crippen LogP) is 23.7. The smallest absolute Gasteiger partial charge is 0.166 e. The molecular formula is C83H133N11O. The van der Waals surface area contributed by atoms with Gasteiger partial charge in [-0.25, -0.2) is 0 Å². The summed E-state index contributed by atoms with van der Waals surface area (Å²) in [6, 6.07) is 15.2. The lowest BCUT2D eigenvalue weighted by Crippen LogP contribution is -2.32. The second-order valence-electron chi connectivity index (χ2n) is 30.0. The molecule has 95 heavy (non-hydrogen) atoms. The van der Waals surface area contributed by atoms with Crippen LogP contribution < -0.4 is 0 Å². The number of H-pyrrole nitrogens is 1. The molecule has 0 fully saturated rings. The van der Waals surface area contributed by atoms with Crippen LogP contribution in [0.25, 0.3) is 0 Å². The summed E-state index contributed by atoms with van der Waals surface area (Å²) < 4.78 is 2.07. The first kappa shape index (κ1) is 86.2. The van der Waals surface area contributed by atoms with Crippen LogP contribution >= 0.6 is 0 Å². The van der Waals surface area contributed by atoms with Crippen LogP contribution in [0.15, 0.2) is 122 Å². The molecule has 0 aromatic carbocycles. The highest BCUT2D eigenvalue weighted by Crippen LogP contribution is 2.29. The third-order valence-electron chi connectivity index (χ3n) is 16.2. The predicted molar refractivity (Wildman–Crippen MR) is 408 cm³/mol. The lowest BCUT2D eigenvalue weighted by atomic mass is 9.81. The van der Waals surface area contributed by atoms with Crippen LogP contribution in [0.1, 0.15) is 378 Å². The van der Waals surface area contributed by atoms with Gasteiger partial charge in [-0.05, 0) is 172 Å². The van der Waals surface area contributed by atoms with Crippen molar-refractivity contribution in [2.75, 3.05) is 0 Å². The lowest BCUT2D eigenvalue weighted by Gasteiger charge is -2.24. The van der Waals surface area contributed by atoms with E-state index in [1.165, 1.54) is 61.7 Å². The van der Waals surface area contributed by atoms with Crippen LogP contribution in [0.3, 0.4) is 0 Å². The number of hydrogen-bond donors (Lipinski definition) is 1. The summed E-state index contributed by atoms with van der Waals surface area (Å²) in [4.78, 5) is 41.7. The van der Waals surface area contributed by atoms with Gasteiger partial charge in [-0.15, -0.1) is 0 Å². The van der Waals surface area contributed by atoms with Gasteiger partial charge in [0.15, 0.2) is 5.78 Å². The molecule has 12 heteroatoms. The number of allylic oxidation sites excluding steroid dienone is 1. The van der Waals surface area contributed by atoms with Gasteiger partial charge < -0.3 is 0 Å². The summed E-state index contributed by atoms with van der Waals surface area (Å²) in [7, 11) is 0. The molecule has 8 heterocycles. The summed E-state index contributed by atoms with van der Waals surface area (Å²) in [6.45, 7) is 69.7. The Hall–Kier alpha value is -6.82. The molecule has 0 saturated heterocycles. The molecule has 0 saturated carbocycles. The number of carbonyl (C=O) groups is 1. The quantitative estimate of drug-likeness (QED) is 0.0996. The van der Waals surface area contributed by atoms with Gasteiger partial charge in [-0.2, -0.15) is 10.2 Å². The Labute approximate surface area is 580 Å². The van der Waals surface area contributed by atoms with Crippen LogP contribution in [-0.2, 0) is 4.79 Å². The van der Waals surface area contributed by atoms with Crippen molar-refractivity contribution in [3.63, 3.8) is 0 Å². The number of aromatic amines is 1. The van der Waals surface area contributed by atoms with Gasteiger partial charge in [0, 0.05) is 103 Å². The minimum Gasteiger partial charge on any atom is -0.294 e. The van der Waals surface area contributed by atoms with Crippen LogP contribution in [0, 0.1) is 17.8 Å². The van der Waals surface area contributed by atoms with Crippen LogP contribution in [0.4, 0.5) is 0 Å². The van der Waals surface area contributed by atoms with Crippen molar-refractivity contribution in [3.8, 4) is 0 Å². The summed E-state index contributed by atoms with van der Waals surface area (Å²) in [5.74, 6) is 8.13. The summed E-state index contributed by atoms with van der Waals surface area (Å²) >= 11 is 0. The topological polar surface area (TPSA) is 153 Å². The second-order valence-corrected chi connectivity index (χ2v) is 30.0. The fraction of sp³-hybridized carbons (Fsp3) is 0.590. The number of aromatic nitrogens is 10. The number of pyridine rings is 4. The molecule has 12 nitrogen and oxygen atoms in total. The van der Waals surface area contributed by atoms with Crippen molar-refractivity contribution in [1.82, 2.24) is 49.9 Å². The second kappa shape index (κ2) is 44.1. The molecule has 1 atom stereocenters. The van der Waals surface area contributed by atoms with Gasteiger partial charge in [0.1, 0.15) is 0 Å². The third kappa shape index (κ3) is 29.6. The van der Waals surface area contributed by atoms with E-state index in [1.54, 1.807) is 24.7 Å². The maximum absolute atomic E-state index is 11.6. The Kier molecular flexibility index (Phi) is 40.0. The zero-order valence-corrected chi connectivity index (χ0v) is 65.7. The minimum atomic E-state index is 0.00463. The highest BCUT2D eigenvalue weighted by atomic mass is 16.1. The average molecular weight is 1300 g/mol. The van der Waals surface area contributed by atoms with Crippen molar-refractivity contribution in [3.05, 3.63) is 190 Å². The first-order valence-electron chi connectivity index (χ1n) is 35.8. The number of ketones is 1. The average Bonchev–Trinajstić information content (AvgIpc) is 1.87. The van der Waals surface area contributed by atoms with E-state index < -0.39 is 0 Å². The van der Waals surface area contributed by atoms with E-state index >= 15 is 0 Å². The van der Waals surface area contributed by atoms with Crippen molar-refractivity contribution in [2.45, 2.75) is 305 Å². The van der Waals surface area contributed by atoms with E-state index in [0.717, 1.165) is 17.1 Å². The van der Waals surface area contributed by atoms with Crippen molar-refractivity contribution < 1.29 is 4.79 Å². The molecule has 526 valence electrons. The van der Waals surface area contributed by atoms with E-state index in [-0.39, 0.29) is 11.7 Å². The molecule has 1 unspecified atom stereocenters. The molecule has 0 spiro atoms. The largest absolute Gasteiger partial charge is 0.294 e. The molecule has 0 radical (unpaired) electrons. The Morgan fingerprint density at radius 1 is 0.358 bits per heavy atom. The Balaban J connectivity index is 0.000000543. The lowest BCUT2D eigenvalue weighted by molar-refractivity contribution is -0.117. The number of aliphatic imine (C=N–C) groups is 1. The summed E-state index contributed by atoms with van der Waals surface area (Å²) in [6.07, 6.45) is 22.0. The zero-order valence-electron chi connectivity index (χ0n) is 65.7. The molecule has 0 aliphatic carbocycles. The molecule has 0 bridgehead atoms. The Bertz CT molecular complexity index is 2720. The minimum absolute atomic E-state index is 0.00463. The summed E-state index contributed by atoms with van der Waals surface area (Å²) in [5, 5.41) is 11.3. The van der Waals surface area contributed by atoms with Crippen molar-refractivity contribution >= 4 is 11.5 Å². The maximum Gasteiger partial charge on any atom is 0.166 e. The number of nitrogens with zero attached hydrogens (tertiary/aromatic N) is 10. The number of rotatable bonds is 16. The van der Waals surface area contributed by atoms with Crippen LogP contribution in [0.2, 0.25) is 0 Å². The fourth-order valence-corrected chi connectivity index (χ4v) is 11.0. The molecule has 7 aromatic rings. The van der Waals surface area contributed by atoms with Crippen molar-refractivity contribution in [2.24, 2.45) is 22.7 Å². The summed E-state index contributed by atoms with van der Waals surface area (Å²) in [5.41, 5.74) is 18.1. The first-order valence-corrected chi connectivity index (χ1v) is 35.8. The van der Waals surface area contributed by atoms with E-state index in [4.69, 9.17) is 0 Å². The molecule has 1 aliphatic rings. The van der Waals surface area contributed by atoms with Gasteiger partial charge in [0.25, 0.3) is 0 Å². The van der Waals surface area contributed by atoms with E-state index in [1.807, 2.05) is 61.7 Å². The highest BCUT2D eigenvalue weighted by Gasteiger charge is 2.29. The number of hydrogen-bond acceptors (Lipinski definition) is 10. The van der Waals surface area contributed by atoms with Crippen molar-refractivity contribution in [1.29, 1.82) is 0 Å². The van der Waals surface area contributed by atoms with E-state index in [2.05, 4.69) is 307 Å². The fourth-order valence-electron chi connectivity index (χ4n) is 11.0. The molecular weight excluding hydrogens is 1170 g/mol. The highest BCUT2D eigenvalue weighted by molar-refractivity contribution is 6.12. The van der Waals surface area contributed by atoms with Crippen LogP contribution in [-0.4, -0.2) is 61.4 Å². The molecule has 0 amide bonds.